The van der Waals surface area contributed by atoms with Gasteiger partial charge in [0.05, 0.1) is 4.52 Å². The van der Waals surface area contributed by atoms with Crippen LogP contribution in [0.25, 0.3) is 0 Å². The molecular weight excluding hydrogens is 735 g/mol. The lowest BCUT2D eigenvalue weighted by Crippen LogP contribution is -2.41. The minimum atomic E-state index is -3.83. The van der Waals surface area contributed by atoms with Crippen molar-refractivity contribution >= 4 is 23.7 Å². The highest BCUT2D eigenvalue weighted by atomic mass is 31.3. The fraction of sp³-hybridized carbons (Fsp3) is 0.143. The molecular formula is C42H44N3O6P3+2. The van der Waals surface area contributed by atoms with Gasteiger partial charge < -0.3 is 9.05 Å². The predicted molar refractivity (Wildman–Crippen MR) is 220 cm³/mol. The first kappa shape index (κ1) is 37.4. The Morgan fingerprint density at radius 3 is 0.981 bits per heavy atom. The maximum absolute atomic E-state index is 7.16. The monoisotopic (exact) mass is 779 g/mol. The normalized spacial score (nSPS) is 15.3. The lowest BCUT2D eigenvalue weighted by Gasteiger charge is -2.34. The van der Waals surface area contributed by atoms with Crippen molar-refractivity contribution in [2.45, 2.75) is 41.5 Å². The van der Waals surface area contributed by atoms with Gasteiger partial charge in [-0.1, -0.05) is 109 Å². The molecule has 0 atom stereocenters. The Bertz CT molecular complexity index is 2190. The molecule has 0 radical (unpaired) electrons. The van der Waals surface area contributed by atoms with Crippen LogP contribution in [0.1, 0.15) is 33.4 Å². The molecule has 0 aliphatic carbocycles. The molecule has 2 N–H and O–H groups in total. The van der Waals surface area contributed by atoms with Gasteiger partial charge in [-0.3, -0.25) is 18.1 Å². The summed E-state index contributed by atoms with van der Waals surface area (Å²) in [4.78, 5) is 7.32. The van der Waals surface area contributed by atoms with E-state index in [1.54, 1.807) is 0 Å². The third kappa shape index (κ3) is 8.42. The second kappa shape index (κ2) is 15.8. The van der Waals surface area contributed by atoms with Crippen LogP contribution < -0.4 is 36.9 Å². The molecule has 1 aliphatic rings. The van der Waals surface area contributed by atoms with Crippen molar-refractivity contribution in [1.29, 1.82) is 0 Å². The van der Waals surface area contributed by atoms with Crippen molar-refractivity contribution < 1.29 is 27.1 Å². The Morgan fingerprint density at radius 2 is 0.667 bits per heavy atom. The molecule has 0 fully saturated rings. The lowest BCUT2D eigenvalue weighted by molar-refractivity contribution is 0.400. The first-order valence-corrected chi connectivity index (χ1v) is 22.4. The number of para-hydroxylation sites is 6. The number of aryl methyl sites for hydroxylation is 6. The first-order chi connectivity index (χ1) is 26.1. The van der Waals surface area contributed by atoms with Crippen LogP contribution in [0.4, 0.5) is 0 Å². The summed E-state index contributed by atoms with van der Waals surface area (Å²) in [6, 6.07) is 46.6. The maximum atomic E-state index is 7.16. The van der Waals surface area contributed by atoms with Crippen molar-refractivity contribution in [3.8, 4) is 34.5 Å². The summed E-state index contributed by atoms with van der Waals surface area (Å²) in [7, 11) is -11.4. The Hall–Kier alpha value is -4.87. The zero-order valence-corrected chi connectivity index (χ0v) is 33.8. The number of nitrogens with one attached hydrogen (secondary N) is 2. The molecule has 1 heterocycles. The molecule has 0 bridgehead atoms. The number of benzene rings is 6. The molecule has 0 unspecified atom stereocenters. The second-order valence-corrected chi connectivity index (χ2v) is 19.6. The van der Waals surface area contributed by atoms with E-state index in [2.05, 4.69) is 9.72 Å². The van der Waals surface area contributed by atoms with Crippen LogP contribution in [-0.4, -0.2) is 0 Å². The molecule has 0 spiro atoms. The van der Waals surface area contributed by atoms with Gasteiger partial charge in [0.15, 0.2) is 23.0 Å². The van der Waals surface area contributed by atoms with Crippen molar-refractivity contribution in [2.24, 2.45) is 4.52 Å². The van der Waals surface area contributed by atoms with E-state index < -0.39 is 23.7 Å². The molecule has 0 saturated heterocycles. The molecule has 6 aromatic carbocycles. The molecule has 7 rings (SSSR count). The Morgan fingerprint density at radius 1 is 0.389 bits per heavy atom. The summed E-state index contributed by atoms with van der Waals surface area (Å²) < 4.78 is 48.3. The molecule has 54 heavy (non-hydrogen) atoms. The van der Waals surface area contributed by atoms with Crippen LogP contribution >= 0.6 is 23.7 Å². The van der Waals surface area contributed by atoms with E-state index in [-0.39, 0.29) is 0 Å². The maximum Gasteiger partial charge on any atom is 0.617 e. The highest BCUT2D eigenvalue weighted by Gasteiger charge is 2.75. The van der Waals surface area contributed by atoms with Gasteiger partial charge in [-0.2, -0.15) is 0 Å². The van der Waals surface area contributed by atoms with Gasteiger partial charge in [-0.05, 0) is 111 Å². The highest BCUT2D eigenvalue weighted by molar-refractivity contribution is 7.89. The summed E-state index contributed by atoms with van der Waals surface area (Å²) in [6.07, 6.45) is 0. The summed E-state index contributed by atoms with van der Waals surface area (Å²) >= 11 is 0. The second-order valence-electron chi connectivity index (χ2n) is 13.0. The number of hydrogen-bond acceptors (Lipinski definition) is 9. The van der Waals surface area contributed by atoms with Crippen LogP contribution in [-0.2, 0) is 0 Å². The van der Waals surface area contributed by atoms with Gasteiger partial charge in [0.2, 0.25) is 0 Å². The smallest absolute Gasteiger partial charge is 0.415 e. The summed E-state index contributed by atoms with van der Waals surface area (Å²) in [5.74, 6) is 3.41. The third-order valence-electron chi connectivity index (χ3n) is 8.66. The van der Waals surface area contributed by atoms with E-state index >= 15 is 0 Å². The van der Waals surface area contributed by atoms with Crippen LogP contribution in [0.3, 0.4) is 0 Å². The molecule has 0 aromatic heterocycles. The zero-order valence-electron chi connectivity index (χ0n) is 31.1. The average molecular weight is 780 g/mol. The molecule has 12 heteroatoms. The van der Waals surface area contributed by atoms with Gasteiger partial charge >= 0.3 is 23.7 Å². The largest absolute Gasteiger partial charge is 0.617 e. The summed E-state index contributed by atoms with van der Waals surface area (Å²) in [5, 5.41) is 0. The Kier molecular flexibility index (Phi) is 11.0. The fourth-order valence-electron chi connectivity index (χ4n) is 5.61. The SMILES string of the molecule is Cc1ccccc1OP1(Oc2ccccc2C)=N[P+](Oc2ccccc2C)(Oc2ccccc2C)N[P+](Oc2ccccc2C)(Oc2ccccc2C)N1. The number of rotatable bonds is 12. The van der Waals surface area contributed by atoms with Crippen LogP contribution in [0.15, 0.2) is 150 Å². The van der Waals surface area contributed by atoms with Gasteiger partial charge in [0.25, 0.3) is 0 Å². The fourth-order valence-corrected chi connectivity index (χ4v) is 16.0. The molecule has 1 aliphatic heterocycles. The standard InChI is InChI=1S/C42H44N3O6P3/c1-31-19-7-13-25-37(31)46-52(47-38-26-14-8-20-32(38)2)43-53(48-39-27-15-9-21-33(39)3,49-40-28-16-10-22-34(40)4)45-54(44-52,50-41-29-17-11-23-35(41)5)51-42-30-18-12-24-36(42)6/h7-30,43-44H,1-6H3/q+2. The van der Waals surface area contributed by atoms with E-state index in [0.29, 0.717) is 34.5 Å². The van der Waals surface area contributed by atoms with Gasteiger partial charge in [-0.15, -0.1) is 0 Å². The van der Waals surface area contributed by atoms with Gasteiger partial charge in [0.1, 0.15) is 16.4 Å². The molecule has 0 saturated carbocycles. The predicted octanol–water partition coefficient (Wildman–Crippen LogP) is 12.8. The summed E-state index contributed by atoms with van der Waals surface area (Å²) in [5.41, 5.74) is 5.31. The molecule has 276 valence electrons. The van der Waals surface area contributed by atoms with Gasteiger partial charge in [0, 0.05) is 4.86 Å². The van der Waals surface area contributed by atoms with Crippen LogP contribution in [0, 0.1) is 41.5 Å². The lowest BCUT2D eigenvalue weighted by atomic mass is 10.2. The van der Waals surface area contributed by atoms with Crippen molar-refractivity contribution in [1.82, 2.24) is 9.72 Å². The average Bonchev–Trinajstić information content (AvgIpc) is 3.14. The van der Waals surface area contributed by atoms with E-state index in [1.165, 1.54) is 0 Å². The van der Waals surface area contributed by atoms with E-state index in [4.69, 9.17) is 31.7 Å². The van der Waals surface area contributed by atoms with E-state index in [9.17, 15) is 0 Å². The van der Waals surface area contributed by atoms with E-state index in [0.717, 1.165) is 33.4 Å². The minimum absolute atomic E-state index is 0.562. The topological polar surface area (TPSA) is 91.8 Å². The Labute approximate surface area is 319 Å². The number of nitrogens with zero attached hydrogens (tertiary/aromatic N) is 1. The van der Waals surface area contributed by atoms with Crippen molar-refractivity contribution in [3.63, 3.8) is 0 Å². The summed E-state index contributed by atoms with van der Waals surface area (Å²) in [6.45, 7) is 11.9. The third-order valence-corrected chi connectivity index (χ3v) is 17.4. The van der Waals surface area contributed by atoms with Crippen LogP contribution in [0.2, 0.25) is 0 Å². The minimum Gasteiger partial charge on any atom is -0.415 e. The molecule has 6 aromatic rings. The molecule has 0 amide bonds. The Balaban J connectivity index is 1.56. The van der Waals surface area contributed by atoms with Crippen molar-refractivity contribution in [3.05, 3.63) is 179 Å². The zero-order chi connectivity index (χ0) is 37.8. The first-order valence-electron chi connectivity index (χ1n) is 17.6. The quantitative estimate of drug-likeness (QED) is 0.119. The number of hydrogen-bond donors (Lipinski definition) is 2. The van der Waals surface area contributed by atoms with E-state index in [1.807, 2.05) is 187 Å². The van der Waals surface area contributed by atoms with Gasteiger partial charge in [-0.25, -0.2) is 0 Å². The highest BCUT2D eigenvalue weighted by Crippen LogP contribution is 2.80. The van der Waals surface area contributed by atoms with Crippen molar-refractivity contribution in [2.75, 3.05) is 0 Å². The van der Waals surface area contributed by atoms with Crippen LogP contribution in [0.5, 0.6) is 34.5 Å². The molecule has 9 nitrogen and oxygen atoms in total.